The predicted octanol–water partition coefficient (Wildman–Crippen LogP) is 1.90. The van der Waals surface area contributed by atoms with Gasteiger partial charge < -0.3 is 5.11 Å². The maximum Gasteiger partial charge on any atom is 0.321 e. The molecule has 5 nitrogen and oxygen atoms in total. The molecule has 1 aromatic carbocycles. The van der Waals surface area contributed by atoms with Crippen LogP contribution in [0.15, 0.2) is 27.6 Å². The van der Waals surface area contributed by atoms with Crippen LogP contribution in [0, 0.1) is 6.92 Å². The van der Waals surface area contributed by atoms with Crippen LogP contribution in [0.3, 0.4) is 0 Å². The Balaban J connectivity index is 3.06. The predicted molar refractivity (Wildman–Crippen MR) is 70.9 cm³/mol. The minimum atomic E-state index is -3.81. The minimum Gasteiger partial charge on any atom is -0.480 e. The van der Waals surface area contributed by atoms with Crippen LogP contribution in [0.4, 0.5) is 0 Å². The van der Waals surface area contributed by atoms with E-state index in [1.807, 2.05) is 0 Å². The molecule has 0 bridgehead atoms. The van der Waals surface area contributed by atoms with Crippen molar-refractivity contribution in [2.24, 2.45) is 0 Å². The van der Waals surface area contributed by atoms with E-state index in [2.05, 4.69) is 20.7 Å². The maximum absolute atomic E-state index is 12.0. The van der Waals surface area contributed by atoms with Crippen LogP contribution >= 0.6 is 15.9 Å². The van der Waals surface area contributed by atoms with Gasteiger partial charge in [-0.3, -0.25) is 4.79 Å². The highest BCUT2D eigenvalue weighted by atomic mass is 79.9. The quantitative estimate of drug-likeness (QED) is 0.860. The summed E-state index contributed by atoms with van der Waals surface area (Å²) in [6, 6.07) is 3.42. The SMILES string of the molecule is CC[C@@H](NS(=O)(=O)c1ccc(Br)c(C)c1)C(=O)O. The summed E-state index contributed by atoms with van der Waals surface area (Å²) in [7, 11) is -3.81. The molecule has 0 aliphatic heterocycles. The van der Waals surface area contributed by atoms with Crippen molar-refractivity contribution in [1.29, 1.82) is 0 Å². The van der Waals surface area contributed by atoms with E-state index in [4.69, 9.17) is 5.11 Å². The number of aryl methyl sites for hydroxylation is 1. The van der Waals surface area contributed by atoms with Crippen LogP contribution < -0.4 is 4.72 Å². The van der Waals surface area contributed by atoms with E-state index in [1.54, 1.807) is 19.9 Å². The third-order valence-electron chi connectivity index (χ3n) is 2.44. The van der Waals surface area contributed by atoms with Crippen LogP contribution in [0.1, 0.15) is 18.9 Å². The van der Waals surface area contributed by atoms with E-state index in [-0.39, 0.29) is 11.3 Å². The largest absolute Gasteiger partial charge is 0.480 e. The zero-order valence-corrected chi connectivity index (χ0v) is 12.4. The van der Waals surface area contributed by atoms with Crippen molar-refractivity contribution in [3.8, 4) is 0 Å². The van der Waals surface area contributed by atoms with Gasteiger partial charge >= 0.3 is 5.97 Å². The van der Waals surface area contributed by atoms with Gasteiger partial charge in [0, 0.05) is 4.47 Å². The van der Waals surface area contributed by atoms with E-state index in [9.17, 15) is 13.2 Å². The second kappa shape index (κ2) is 5.81. The van der Waals surface area contributed by atoms with Gasteiger partial charge in [0.05, 0.1) is 4.90 Å². The number of carboxylic acids is 1. The van der Waals surface area contributed by atoms with Crippen LogP contribution in [0.5, 0.6) is 0 Å². The van der Waals surface area contributed by atoms with E-state index in [1.165, 1.54) is 12.1 Å². The Bertz CT molecular complexity index is 556. The molecule has 0 aromatic heterocycles. The summed E-state index contributed by atoms with van der Waals surface area (Å²) in [4.78, 5) is 10.9. The Kier molecular flexibility index (Phi) is 4.89. The highest BCUT2D eigenvalue weighted by Crippen LogP contribution is 2.20. The number of halogens is 1. The molecule has 0 fully saturated rings. The molecule has 0 aliphatic rings. The van der Waals surface area contributed by atoms with Crippen molar-refractivity contribution in [2.45, 2.75) is 31.2 Å². The molecule has 7 heteroatoms. The third kappa shape index (κ3) is 3.54. The van der Waals surface area contributed by atoms with E-state index in [0.717, 1.165) is 10.0 Å². The Morgan fingerprint density at radius 1 is 1.50 bits per heavy atom. The van der Waals surface area contributed by atoms with Crippen molar-refractivity contribution in [1.82, 2.24) is 4.72 Å². The van der Waals surface area contributed by atoms with E-state index >= 15 is 0 Å². The summed E-state index contributed by atoms with van der Waals surface area (Å²) < 4.78 is 26.9. The van der Waals surface area contributed by atoms with Crippen molar-refractivity contribution >= 4 is 31.9 Å². The maximum atomic E-state index is 12.0. The van der Waals surface area contributed by atoms with Gasteiger partial charge in [0.15, 0.2) is 0 Å². The van der Waals surface area contributed by atoms with Crippen LogP contribution in [0.2, 0.25) is 0 Å². The van der Waals surface area contributed by atoms with Gasteiger partial charge in [-0.1, -0.05) is 22.9 Å². The number of aliphatic carboxylic acids is 1. The standard InChI is InChI=1S/C11H14BrNO4S/c1-3-10(11(14)15)13-18(16,17)8-4-5-9(12)7(2)6-8/h4-6,10,13H,3H2,1-2H3,(H,14,15)/t10-/m1/s1. The summed E-state index contributed by atoms with van der Waals surface area (Å²) >= 11 is 3.27. The van der Waals surface area contributed by atoms with Crippen molar-refractivity contribution in [3.63, 3.8) is 0 Å². The number of carbonyl (C=O) groups is 1. The van der Waals surface area contributed by atoms with Gasteiger partial charge in [0.2, 0.25) is 10.0 Å². The van der Waals surface area contributed by atoms with Gasteiger partial charge in [-0.05, 0) is 37.1 Å². The molecule has 0 spiro atoms. The van der Waals surface area contributed by atoms with Gasteiger partial charge in [-0.15, -0.1) is 0 Å². The molecule has 18 heavy (non-hydrogen) atoms. The molecule has 2 N–H and O–H groups in total. The lowest BCUT2D eigenvalue weighted by Gasteiger charge is -2.13. The molecule has 0 aliphatic carbocycles. The fourth-order valence-corrected chi connectivity index (χ4v) is 2.95. The molecule has 0 amide bonds. The second-order valence-electron chi connectivity index (χ2n) is 3.83. The Morgan fingerprint density at radius 2 is 2.11 bits per heavy atom. The molecule has 0 unspecified atom stereocenters. The average Bonchev–Trinajstić information content (AvgIpc) is 2.29. The number of hydrogen-bond donors (Lipinski definition) is 2. The molecular formula is C11H14BrNO4S. The number of nitrogens with one attached hydrogen (secondary N) is 1. The van der Waals surface area contributed by atoms with Gasteiger partial charge in [0.1, 0.15) is 6.04 Å². The highest BCUT2D eigenvalue weighted by molar-refractivity contribution is 9.10. The molecule has 0 saturated heterocycles. The van der Waals surface area contributed by atoms with E-state index in [0.29, 0.717) is 0 Å². The van der Waals surface area contributed by atoms with Gasteiger partial charge in [-0.2, -0.15) is 4.72 Å². The summed E-state index contributed by atoms with van der Waals surface area (Å²) in [5.74, 6) is -1.19. The molecule has 1 rings (SSSR count). The smallest absolute Gasteiger partial charge is 0.321 e. The Labute approximate surface area is 114 Å². The monoisotopic (exact) mass is 335 g/mol. The van der Waals surface area contributed by atoms with Crippen molar-refractivity contribution in [2.75, 3.05) is 0 Å². The summed E-state index contributed by atoms with van der Waals surface area (Å²) in [6.07, 6.45) is 0.185. The van der Waals surface area contributed by atoms with Crippen LogP contribution in [-0.2, 0) is 14.8 Å². The number of rotatable bonds is 5. The first-order chi connectivity index (χ1) is 8.27. The fourth-order valence-electron chi connectivity index (χ4n) is 1.35. The summed E-state index contributed by atoms with van der Waals surface area (Å²) in [6.45, 7) is 3.37. The topological polar surface area (TPSA) is 83.5 Å². The molecule has 1 atom stereocenters. The number of hydrogen-bond acceptors (Lipinski definition) is 3. The number of carboxylic acid groups (broad SMARTS) is 1. The summed E-state index contributed by atoms with van der Waals surface area (Å²) in [5.41, 5.74) is 0.765. The number of sulfonamides is 1. The minimum absolute atomic E-state index is 0.0582. The van der Waals surface area contributed by atoms with E-state index < -0.39 is 22.0 Å². The zero-order chi connectivity index (χ0) is 13.9. The van der Waals surface area contributed by atoms with Crippen LogP contribution in [0.25, 0.3) is 0 Å². The Morgan fingerprint density at radius 3 is 2.56 bits per heavy atom. The lowest BCUT2D eigenvalue weighted by molar-refractivity contribution is -0.139. The third-order valence-corrected chi connectivity index (χ3v) is 4.80. The lowest BCUT2D eigenvalue weighted by atomic mass is 10.2. The average molecular weight is 336 g/mol. The first-order valence-electron chi connectivity index (χ1n) is 5.29. The normalized spacial score (nSPS) is 13.3. The highest BCUT2D eigenvalue weighted by Gasteiger charge is 2.23. The van der Waals surface area contributed by atoms with Crippen molar-refractivity contribution < 1.29 is 18.3 Å². The number of benzene rings is 1. The van der Waals surface area contributed by atoms with Gasteiger partial charge in [-0.25, -0.2) is 8.42 Å². The molecule has 1 aromatic rings. The molecule has 0 saturated carbocycles. The van der Waals surface area contributed by atoms with Crippen LogP contribution in [-0.4, -0.2) is 25.5 Å². The fraction of sp³-hybridized carbons (Fsp3) is 0.364. The Hall–Kier alpha value is -0.920. The second-order valence-corrected chi connectivity index (χ2v) is 6.40. The summed E-state index contributed by atoms with van der Waals surface area (Å²) in [5, 5.41) is 8.85. The first-order valence-corrected chi connectivity index (χ1v) is 7.57. The first kappa shape index (κ1) is 15.1. The molecule has 0 heterocycles. The lowest BCUT2D eigenvalue weighted by Crippen LogP contribution is -2.40. The molecular weight excluding hydrogens is 322 g/mol. The van der Waals surface area contributed by atoms with Crippen molar-refractivity contribution in [3.05, 3.63) is 28.2 Å². The zero-order valence-electron chi connectivity index (χ0n) is 9.97. The molecule has 0 radical (unpaired) electrons. The molecule has 100 valence electrons. The van der Waals surface area contributed by atoms with Gasteiger partial charge in [0.25, 0.3) is 0 Å².